The van der Waals surface area contributed by atoms with Gasteiger partial charge in [0.15, 0.2) is 6.29 Å². The van der Waals surface area contributed by atoms with Gasteiger partial charge < -0.3 is 34.5 Å². The Labute approximate surface area is 199 Å². The number of amides is 1. The van der Waals surface area contributed by atoms with E-state index in [9.17, 15) is 24.6 Å². The van der Waals surface area contributed by atoms with Crippen LogP contribution in [0.1, 0.15) is 57.6 Å². The monoisotopic (exact) mass is 481 g/mol. The minimum absolute atomic E-state index is 0.0261. The van der Waals surface area contributed by atoms with Crippen molar-refractivity contribution in [3.8, 4) is 0 Å². The molecule has 190 valence electrons. The van der Waals surface area contributed by atoms with Gasteiger partial charge in [0, 0.05) is 19.3 Å². The fourth-order valence-corrected chi connectivity index (χ4v) is 3.41. The van der Waals surface area contributed by atoms with Crippen LogP contribution in [0.3, 0.4) is 0 Å². The molecule has 34 heavy (non-hydrogen) atoms. The highest BCUT2D eigenvalue weighted by molar-refractivity contribution is 5.81. The van der Waals surface area contributed by atoms with E-state index in [0.29, 0.717) is 6.42 Å². The first kappa shape index (κ1) is 27.7. The summed E-state index contributed by atoms with van der Waals surface area (Å²) in [4.78, 5) is 35.8. The lowest BCUT2D eigenvalue weighted by atomic mass is 10.0. The van der Waals surface area contributed by atoms with Crippen LogP contribution >= 0.6 is 0 Å². The van der Waals surface area contributed by atoms with Crippen molar-refractivity contribution in [1.29, 1.82) is 0 Å². The molecule has 0 spiro atoms. The lowest BCUT2D eigenvalue weighted by Crippen LogP contribution is -2.48. The second-order valence-corrected chi connectivity index (χ2v) is 8.33. The van der Waals surface area contributed by atoms with E-state index in [4.69, 9.17) is 14.2 Å². The first-order chi connectivity index (χ1) is 16.2. The zero-order valence-electron chi connectivity index (χ0n) is 19.8. The molecule has 1 amide bonds. The molecule has 1 fully saturated rings. The van der Waals surface area contributed by atoms with Crippen LogP contribution in [0.2, 0.25) is 0 Å². The molecule has 0 saturated carbocycles. The molecule has 1 aliphatic heterocycles. The van der Waals surface area contributed by atoms with Gasteiger partial charge in [0.2, 0.25) is 5.91 Å². The van der Waals surface area contributed by atoms with Gasteiger partial charge in [-0.15, -0.1) is 0 Å². The number of rotatable bonds is 12. The number of nitrogens with one attached hydrogen (secondary N) is 1. The molecule has 10 heteroatoms. The van der Waals surface area contributed by atoms with Gasteiger partial charge >= 0.3 is 11.9 Å². The fraction of sp³-hybridized carbons (Fsp3) is 0.625. The van der Waals surface area contributed by atoms with Crippen molar-refractivity contribution in [2.45, 2.75) is 82.8 Å². The highest BCUT2D eigenvalue weighted by Crippen LogP contribution is 2.23. The Hall–Kier alpha value is -2.53. The molecular formula is C24H35NO9. The SMILES string of the molecule is COC(=O)CCC(=O)NC[C@H](OC(=O)CCC(C)O[C@@H]1O[C@@H](C)[C@H](O)C[C@H]1O)c1ccccc1. The third-order valence-electron chi connectivity index (χ3n) is 5.52. The number of hydrogen-bond acceptors (Lipinski definition) is 9. The third-order valence-corrected chi connectivity index (χ3v) is 5.52. The van der Waals surface area contributed by atoms with E-state index >= 15 is 0 Å². The number of methoxy groups -OCH3 is 1. The summed E-state index contributed by atoms with van der Waals surface area (Å²) < 4.78 is 21.3. The Bertz CT molecular complexity index is 788. The second kappa shape index (κ2) is 14.0. The molecule has 10 nitrogen and oxygen atoms in total. The van der Waals surface area contributed by atoms with E-state index in [1.807, 2.05) is 6.07 Å². The quantitative estimate of drug-likeness (QED) is 0.378. The molecule has 0 bridgehead atoms. The average Bonchev–Trinajstić information content (AvgIpc) is 2.82. The normalized spacial score (nSPS) is 24.0. The van der Waals surface area contributed by atoms with Crippen molar-refractivity contribution in [2.75, 3.05) is 13.7 Å². The Morgan fingerprint density at radius 3 is 2.47 bits per heavy atom. The van der Waals surface area contributed by atoms with Gasteiger partial charge in [-0.1, -0.05) is 30.3 Å². The standard InChI is InChI=1S/C24H35NO9/c1-15(32-24-19(27)13-18(26)16(2)33-24)9-11-23(30)34-20(17-7-5-4-6-8-17)14-25-21(28)10-12-22(29)31-3/h4-8,15-16,18-20,24,26-27H,9-14H2,1-3H3,(H,25,28)/t15?,16-,18+,19+,20-,24+/m0/s1. The summed E-state index contributed by atoms with van der Waals surface area (Å²) in [6, 6.07) is 9.03. The fourth-order valence-electron chi connectivity index (χ4n) is 3.41. The van der Waals surface area contributed by atoms with Crippen LogP contribution in [0.5, 0.6) is 0 Å². The topological polar surface area (TPSA) is 141 Å². The molecule has 1 heterocycles. The number of ether oxygens (including phenoxy) is 4. The van der Waals surface area contributed by atoms with Crippen molar-refractivity contribution < 1.29 is 43.5 Å². The maximum atomic E-state index is 12.5. The molecule has 6 atom stereocenters. The van der Waals surface area contributed by atoms with Gasteiger partial charge in [-0.05, 0) is 25.8 Å². The van der Waals surface area contributed by atoms with Crippen LogP contribution in [0.25, 0.3) is 0 Å². The van der Waals surface area contributed by atoms with Crippen molar-refractivity contribution in [3.05, 3.63) is 35.9 Å². The van der Waals surface area contributed by atoms with Crippen LogP contribution < -0.4 is 5.32 Å². The van der Waals surface area contributed by atoms with Gasteiger partial charge in [-0.25, -0.2) is 0 Å². The Morgan fingerprint density at radius 2 is 1.79 bits per heavy atom. The average molecular weight is 482 g/mol. The van der Waals surface area contributed by atoms with Gasteiger partial charge in [-0.3, -0.25) is 14.4 Å². The number of carbonyl (C=O) groups is 3. The second-order valence-electron chi connectivity index (χ2n) is 8.33. The number of aliphatic hydroxyl groups excluding tert-OH is 2. The van der Waals surface area contributed by atoms with E-state index in [0.717, 1.165) is 5.56 Å². The van der Waals surface area contributed by atoms with Crippen molar-refractivity contribution in [1.82, 2.24) is 5.32 Å². The molecular weight excluding hydrogens is 446 g/mol. The van der Waals surface area contributed by atoms with Crippen LogP contribution in [0.4, 0.5) is 0 Å². The lowest BCUT2D eigenvalue weighted by molar-refractivity contribution is -0.273. The van der Waals surface area contributed by atoms with E-state index in [1.54, 1.807) is 38.1 Å². The van der Waals surface area contributed by atoms with Crippen LogP contribution in [0.15, 0.2) is 30.3 Å². The third kappa shape index (κ3) is 9.38. The molecule has 2 rings (SSSR count). The molecule has 1 aromatic carbocycles. The summed E-state index contributed by atoms with van der Waals surface area (Å²) in [6.45, 7) is 3.52. The van der Waals surface area contributed by atoms with Crippen molar-refractivity contribution in [3.63, 3.8) is 0 Å². The molecule has 3 N–H and O–H groups in total. The van der Waals surface area contributed by atoms with E-state index < -0.39 is 48.7 Å². The van der Waals surface area contributed by atoms with Gasteiger partial charge in [0.1, 0.15) is 12.2 Å². The maximum Gasteiger partial charge on any atom is 0.306 e. The van der Waals surface area contributed by atoms with Crippen LogP contribution in [-0.4, -0.2) is 72.4 Å². The number of aliphatic hydroxyl groups is 2. The minimum Gasteiger partial charge on any atom is -0.469 e. The molecule has 1 aromatic rings. The predicted octanol–water partition coefficient (Wildman–Crippen LogP) is 1.38. The maximum absolute atomic E-state index is 12.5. The summed E-state index contributed by atoms with van der Waals surface area (Å²) in [5.41, 5.74) is 0.722. The summed E-state index contributed by atoms with van der Waals surface area (Å²) in [5, 5.41) is 22.5. The molecule has 1 saturated heterocycles. The highest BCUT2D eigenvalue weighted by atomic mass is 16.7. The largest absolute Gasteiger partial charge is 0.469 e. The number of carbonyl (C=O) groups excluding carboxylic acids is 3. The zero-order valence-corrected chi connectivity index (χ0v) is 19.8. The Balaban J connectivity index is 1.83. The van der Waals surface area contributed by atoms with Gasteiger partial charge in [0.25, 0.3) is 0 Å². The van der Waals surface area contributed by atoms with Gasteiger partial charge in [0.05, 0.1) is 38.4 Å². The Morgan fingerprint density at radius 1 is 1.09 bits per heavy atom. The first-order valence-electron chi connectivity index (χ1n) is 11.4. The molecule has 1 aliphatic rings. The lowest BCUT2D eigenvalue weighted by Gasteiger charge is -2.36. The summed E-state index contributed by atoms with van der Waals surface area (Å²) in [6.07, 6.45) is -3.65. The van der Waals surface area contributed by atoms with Crippen molar-refractivity contribution in [2.24, 2.45) is 0 Å². The highest BCUT2D eigenvalue weighted by Gasteiger charge is 2.35. The smallest absolute Gasteiger partial charge is 0.306 e. The van der Waals surface area contributed by atoms with Crippen LogP contribution in [0, 0.1) is 0 Å². The van der Waals surface area contributed by atoms with Crippen molar-refractivity contribution >= 4 is 17.8 Å². The number of benzene rings is 1. The number of esters is 2. The van der Waals surface area contributed by atoms with E-state index in [2.05, 4.69) is 10.1 Å². The molecule has 0 radical (unpaired) electrons. The molecule has 1 unspecified atom stereocenters. The van der Waals surface area contributed by atoms with E-state index in [-0.39, 0.29) is 38.1 Å². The molecule has 0 aliphatic carbocycles. The minimum atomic E-state index is -0.953. The summed E-state index contributed by atoms with van der Waals surface area (Å²) in [5.74, 6) is -1.30. The predicted molar refractivity (Wildman–Crippen MR) is 120 cm³/mol. The zero-order chi connectivity index (χ0) is 25.1. The summed E-state index contributed by atoms with van der Waals surface area (Å²) >= 11 is 0. The van der Waals surface area contributed by atoms with Gasteiger partial charge in [-0.2, -0.15) is 0 Å². The first-order valence-corrected chi connectivity index (χ1v) is 11.4. The Kier molecular flexibility index (Phi) is 11.4. The van der Waals surface area contributed by atoms with E-state index in [1.165, 1.54) is 7.11 Å². The summed E-state index contributed by atoms with van der Waals surface area (Å²) in [7, 11) is 1.26. The van der Waals surface area contributed by atoms with Crippen LogP contribution in [-0.2, 0) is 33.3 Å². The number of hydrogen-bond donors (Lipinski definition) is 3. The molecule has 0 aromatic heterocycles.